The van der Waals surface area contributed by atoms with Crippen molar-refractivity contribution in [1.29, 1.82) is 0 Å². The molecule has 2 rings (SSSR count). The molecule has 1 aromatic carbocycles. The second-order valence-corrected chi connectivity index (χ2v) is 8.75. The SMILES string of the molecule is CC[C@H]1O[C@@H](c2cc(Br)c(C(C)C)cc2C)[C@H](OC(C)=O)[C@@H](OC(C)=O)[C@@H]1C. The standard InChI is InChI=1S/C22H31BrO5/c1-8-19-13(5)20(26-14(6)24)22(27-15(7)25)21(28-19)17-10-18(23)16(11(2)3)9-12(17)4/h9-11,13,19-22H,8H2,1-7H3/t13-,19-,20+,21+,22-/m1/s1. The van der Waals surface area contributed by atoms with Crippen LogP contribution in [0.2, 0.25) is 0 Å². The van der Waals surface area contributed by atoms with E-state index in [4.69, 9.17) is 14.2 Å². The van der Waals surface area contributed by atoms with Crippen LogP contribution in [0.1, 0.15) is 76.7 Å². The second-order valence-electron chi connectivity index (χ2n) is 7.90. The summed E-state index contributed by atoms with van der Waals surface area (Å²) in [5.74, 6) is -0.532. The van der Waals surface area contributed by atoms with Crippen LogP contribution in [0.25, 0.3) is 0 Å². The van der Waals surface area contributed by atoms with Crippen molar-refractivity contribution in [2.45, 2.75) is 85.2 Å². The number of carbonyl (C=O) groups is 2. The van der Waals surface area contributed by atoms with Crippen molar-refractivity contribution >= 4 is 27.9 Å². The molecule has 1 saturated heterocycles. The van der Waals surface area contributed by atoms with Gasteiger partial charge in [-0.2, -0.15) is 0 Å². The van der Waals surface area contributed by atoms with E-state index in [2.05, 4.69) is 35.8 Å². The van der Waals surface area contributed by atoms with E-state index in [1.165, 1.54) is 19.4 Å². The summed E-state index contributed by atoms with van der Waals surface area (Å²) in [6.45, 7) is 13.1. The molecule has 28 heavy (non-hydrogen) atoms. The van der Waals surface area contributed by atoms with Crippen molar-refractivity contribution in [3.63, 3.8) is 0 Å². The average Bonchev–Trinajstić information content (AvgIpc) is 2.59. The smallest absolute Gasteiger partial charge is 0.303 e. The molecule has 1 aromatic rings. The van der Waals surface area contributed by atoms with Gasteiger partial charge >= 0.3 is 11.9 Å². The summed E-state index contributed by atoms with van der Waals surface area (Å²) in [4.78, 5) is 23.6. The highest BCUT2D eigenvalue weighted by Crippen LogP contribution is 2.42. The highest BCUT2D eigenvalue weighted by atomic mass is 79.9. The summed E-state index contributed by atoms with van der Waals surface area (Å²) >= 11 is 3.67. The predicted molar refractivity (Wildman–Crippen MR) is 111 cm³/mol. The van der Waals surface area contributed by atoms with Crippen molar-refractivity contribution in [1.82, 2.24) is 0 Å². The maximum absolute atomic E-state index is 11.8. The molecular weight excluding hydrogens is 424 g/mol. The van der Waals surface area contributed by atoms with Gasteiger partial charge in [-0.05, 0) is 42.0 Å². The van der Waals surface area contributed by atoms with Gasteiger partial charge in [0.1, 0.15) is 12.2 Å². The molecule has 0 spiro atoms. The highest BCUT2D eigenvalue weighted by Gasteiger charge is 2.48. The molecule has 0 bridgehead atoms. The number of aryl methyl sites for hydroxylation is 1. The molecule has 1 aliphatic heterocycles. The molecule has 0 aliphatic carbocycles. The Morgan fingerprint density at radius 3 is 2.21 bits per heavy atom. The first-order valence-corrected chi connectivity index (χ1v) is 10.7. The summed E-state index contributed by atoms with van der Waals surface area (Å²) in [6, 6.07) is 4.18. The molecule has 6 heteroatoms. The van der Waals surface area contributed by atoms with Crippen LogP contribution in [0.5, 0.6) is 0 Å². The van der Waals surface area contributed by atoms with Crippen molar-refractivity contribution < 1.29 is 23.8 Å². The number of ether oxygens (including phenoxy) is 3. The second kappa shape index (κ2) is 9.40. The van der Waals surface area contributed by atoms with Crippen molar-refractivity contribution in [3.05, 3.63) is 33.3 Å². The minimum Gasteiger partial charge on any atom is -0.458 e. The van der Waals surface area contributed by atoms with Crippen molar-refractivity contribution in [2.75, 3.05) is 0 Å². The highest BCUT2D eigenvalue weighted by molar-refractivity contribution is 9.10. The minimum atomic E-state index is -0.699. The van der Waals surface area contributed by atoms with Crippen LogP contribution in [0.15, 0.2) is 16.6 Å². The fourth-order valence-corrected chi connectivity index (χ4v) is 4.76. The Morgan fingerprint density at radius 2 is 1.71 bits per heavy atom. The van der Waals surface area contributed by atoms with Gasteiger partial charge in [0.25, 0.3) is 0 Å². The normalized spacial score (nSPS) is 27.5. The number of halogens is 1. The Morgan fingerprint density at radius 1 is 1.14 bits per heavy atom. The third-order valence-corrected chi connectivity index (χ3v) is 6.06. The van der Waals surface area contributed by atoms with Crippen molar-refractivity contribution in [3.8, 4) is 0 Å². The van der Waals surface area contributed by atoms with Gasteiger partial charge in [0.15, 0.2) is 6.10 Å². The lowest BCUT2D eigenvalue weighted by atomic mass is 9.83. The Balaban J connectivity index is 2.55. The average molecular weight is 455 g/mol. The van der Waals surface area contributed by atoms with Crippen LogP contribution in [0, 0.1) is 12.8 Å². The van der Waals surface area contributed by atoms with E-state index in [0.29, 0.717) is 5.92 Å². The molecule has 0 N–H and O–H groups in total. The van der Waals surface area contributed by atoms with Crippen molar-refractivity contribution in [2.24, 2.45) is 5.92 Å². The lowest BCUT2D eigenvalue weighted by molar-refractivity contribution is -0.225. The Kier molecular flexibility index (Phi) is 7.68. The number of rotatable bonds is 5. The molecule has 1 fully saturated rings. The van der Waals surface area contributed by atoms with E-state index in [0.717, 1.165) is 22.0 Å². The summed E-state index contributed by atoms with van der Waals surface area (Å²) in [6.07, 6.45) is -1.11. The fraction of sp³-hybridized carbons (Fsp3) is 0.636. The third kappa shape index (κ3) is 4.95. The molecule has 0 radical (unpaired) electrons. The quantitative estimate of drug-likeness (QED) is 0.569. The first kappa shape index (κ1) is 22.9. The zero-order valence-corrected chi connectivity index (χ0v) is 19.3. The monoisotopic (exact) mass is 454 g/mol. The molecule has 1 heterocycles. The van der Waals surface area contributed by atoms with E-state index in [9.17, 15) is 9.59 Å². The van der Waals surface area contributed by atoms with Crippen LogP contribution in [0.4, 0.5) is 0 Å². The number of carbonyl (C=O) groups excluding carboxylic acids is 2. The van der Waals surface area contributed by atoms with E-state index in [-0.39, 0.29) is 12.0 Å². The zero-order valence-electron chi connectivity index (χ0n) is 17.7. The summed E-state index contributed by atoms with van der Waals surface area (Å²) in [5.41, 5.74) is 3.20. The lowest BCUT2D eigenvalue weighted by Crippen LogP contribution is -2.53. The molecule has 1 aliphatic rings. The van der Waals surface area contributed by atoms with Gasteiger partial charge in [-0.25, -0.2) is 0 Å². The van der Waals surface area contributed by atoms with E-state index in [1.54, 1.807) is 0 Å². The first-order valence-electron chi connectivity index (χ1n) is 9.86. The van der Waals surface area contributed by atoms with Gasteiger partial charge in [0, 0.05) is 24.2 Å². The van der Waals surface area contributed by atoms with Crippen LogP contribution in [-0.2, 0) is 23.8 Å². The molecular formula is C22H31BrO5. The Bertz CT molecular complexity index is 730. The fourth-order valence-electron chi connectivity index (χ4n) is 3.95. The van der Waals surface area contributed by atoms with Crippen LogP contribution in [-0.4, -0.2) is 30.3 Å². The Labute approximate surface area is 176 Å². The molecule has 0 saturated carbocycles. The predicted octanol–water partition coefficient (Wildman–Crippen LogP) is 5.23. The maximum Gasteiger partial charge on any atom is 0.303 e. The number of benzene rings is 1. The van der Waals surface area contributed by atoms with Gasteiger partial charge in [-0.15, -0.1) is 0 Å². The third-order valence-electron chi connectivity index (χ3n) is 5.37. The Hall–Kier alpha value is -1.40. The summed E-state index contributed by atoms with van der Waals surface area (Å²) in [7, 11) is 0. The molecule has 0 aromatic heterocycles. The minimum absolute atomic E-state index is 0.0896. The number of esters is 2. The largest absolute Gasteiger partial charge is 0.458 e. The molecule has 0 amide bonds. The zero-order chi connectivity index (χ0) is 21.2. The first-order chi connectivity index (χ1) is 13.1. The lowest BCUT2D eigenvalue weighted by Gasteiger charge is -2.45. The number of hydrogen-bond donors (Lipinski definition) is 0. The molecule has 5 atom stereocenters. The number of hydrogen-bond acceptors (Lipinski definition) is 5. The maximum atomic E-state index is 11.8. The molecule has 156 valence electrons. The summed E-state index contributed by atoms with van der Waals surface area (Å²) < 4.78 is 18.7. The van der Waals surface area contributed by atoms with Gasteiger partial charge < -0.3 is 14.2 Å². The van der Waals surface area contributed by atoms with Gasteiger partial charge in [0.05, 0.1) is 6.10 Å². The molecule has 0 unspecified atom stereocenters. The van der Waals surface area contributed by atoms with Gasteiger partial charge in [-0.1, -0.05) is 49.7 Å². The van der Waals surface area contributed by atoms with E-state index >= 15 is 0 Å². The molecule has 5 nitrogen and oxygen atoms in total. The van der Waals surface area contributed by atoms with Crippen LogP contribution < -0.4 is 0 Å². The van der Waals surface area contributed by atoms with E-state index < -0.39 is 30.3 Å². The summed E-state index contributed by atoms with van der Waals surface area (Å²) in [5, 5.41) is 0. The van der Waals surface area contributed by atoms with E-state index in [1.807, 2.05) is 26.8 Å². The van der Waals surface area contributed by atoms with Gasteiger partial charge in [0.2, 0.25) is 0 Å². The van der Waals surface area contributed by atoms with Crippen LogP contribution >= 0.6 is 15.9 Å². The topological polar surface area (TPSA) is 61.8 Å². The van der Waals surface area contributed by atoms with Gasteiger partial charge in [-0.3, -0.25) is 9.59 Å². The van der Waals surface area contributed by atoms with Crippen LogP contribution in [0.3, 0.4) is 0 Å².